The van der Waals surface area contributed by atoms with E-state index < -0.39 is 0 Å². The van der Waals surface area contributed by atoms with Crippen LogP contribution in [0.25, 0.3) is 0 Å². The van der Waals surface area contributed by atoms with Crippen LogP contribution in [0.1, 0.15) is 15.9 Å². The van der Waals surface area contributed by atoms with Crippen LogP contribution in [0.15, 0.2) is 53.0 Å². The maximum absolute atomic E-state index is 12.0. The Bertz CT molecular complexity index is 702. The van der Waals surface area contributed by atoms with Gasteiger partial charge in [0.05, 0.1) is 18.7 Å². The van der Waals surface area contributed by atoms with Gasteiger partial charge in [-0.2, -0.15) is 0 Å². The third kappa shape index (κ3) is 5.70. The highest BCUT2D eigenvalue weighted by molar-refractivity contribution is 9.10. The Kier molecular flexibility index (Phi) is 6.81. The number of hydrogen-bond donors (Lipinski definition) is 2. The fourth-order valence-corrected chi connectivity index (χ4v) is 2.42. The molecule has 0 fully saturated rings. The Morgan fingerprint density at radius 2 is 1.75 bits per heavy atom. The molecule has 0 radical (unpaired) electrons. The predicted octanol–water partition coefficient (Wildman–Crippen LogP) is 2.68. The average Bonchev–Trinajstić information content (AvgIpc) is 2.58. The van der Waals surface area contributed by atoms with Gasteiger partial charge in [0.15, 0.2) is 0 Å². The molecule has 0 atom stereocenters. The third-order valence-electron chi connectivity index (χ3n) is 3.24. The number of benzene rings is 2. The van der Waals surface area contributed by atoms with Gasteiger partial charge in [-0.05, 0) is 47.1 Å². The summed E-state index contributed by atoms with van der Waals surface area (Å²) in [5.41, 5.74) is 1.66. The first-order valence-corrected chi connectivity index (χ1v) is 8.34. The van der Waals surface area contributed by atoms with Gasteiger partial charge in [0.25, 0.3) is 5.91 Å². The summed E-state index contributed by atoms with van der Waals surface area (Å²) in [6, 6.07) is 14.7. The van der Waals surface area contributed by atoms with Crippen molar-refractivity contribution in [3.63, 3.8) is 0 Å². The summed E-state index contributed by atoms with van der Waals surface area (Å²) in [4.78, 5) is 23.7. The molecule has 0 spiro atoms. The standard InChI is InChI=1S/C18H19BrN2O3/c1-13-6-8-14(9-7-13)24-11-10-20-17(22)12-21-18(23)15-4-2-3-5-16(15)19/h2-9H,10-12H2,1H3,(H,20,22)(H,21,23). The van der Waals surface area contributed by atoms with Crippen LogP contribution >= 0.6 is 15.9 Å². The average molecular weight is 391 g/mol. The molecule has 2 N–H and O–H groups in total. The molecule has 0 heterocycles. The van der Waals surface area contributed by atoms with Crippen molar-refractivity contribution in [2.75, 3.05) is 19.7 Å². The van der Waals surface area contributed by atoms with Crippen LogP contribution in [0.5, 0.6) is 5.75 Å². The van der Waals surface area contributed by atoms with Crippen LogP contribution in [0.3, 0.4) is 0 Å². The van der Waals surface area contributed by atoms with E-state index in [0.29, 0.717) is 23.2 Å². The van der Waals surface area contributed by atoms with Crippen molar-refractivity contribution in [2.45, 2.75) is 6.92 Å². The number of amides is 2. The molecule has 0 unspecified atom stereocenters. The van der Waals surface area contributed by atoms with E-state index in [9.17, 15) is 9.59 Å². The van der Waals surface area contributed by atoms with E-state index in [1.54, 1.807) is 18.2 Å². The van der Waals surface area contributed by atoms with Crippen LogP contribution in [0, 0.1) is 6.92 Å². The van der Waals surface area contributed by atoms with E-state index in [2.05, 4.69) is 26.6 Å². The minimum absolute atomic E-state index is 0.0787. The summed E-state index contributed by atoms with van der Waals surface area (Å²) in [6.45, 7) is 2.67. The van der Waals surface area contributed by atoms with Gasteiger partial charge >= 0.3 is 0 Å². The van der Waals surface area contributed by atoms with Crippen LogP contribution in [0.2, 0.25) is 0 Å². The lowest BCUT2D eigenvalue weighted by atomic mass is 10.2. The molecule has 0 aromatic heterocycles. The first kappa shape index (κ1) is 18.0. The lowest BCUT2D eigenvalue weighted by Crippen LogP contribution is -2.38. The number of carbonyl (C=O) groups is 2. The van der Waals surface area contributed by atoms with Crippen molar-refractivity contribution in [1.29, 1.82) is 0 Å². The van der Waals surface area contributed by atoms with Crippen LogP contribution < -0.4 is 15.4 Å². The highest BCUT2D eigenvalue weighted by atomic mass is 79.9. The van der Waals surface area contributed by atoms with E-state index >= 15 is 0 Å². The molecule has 0 saturated heterocycles. The molecule has 5 nitrogen and oxygen atoms in total. The molecule has 126 valence electrons. The monoisotopic (exact) mass is 390 g/mol. The second-order valence-electron chi connectivity index (χ2n) is 5.17. The van der Waals surface area contributed by atoms with Crippen molar-refractivity contribution in [3.05, 3.63) is 64.1 Å². The number of aryl methyl sites for hydroxylation is 1. The number of ether oxygens (including phenoxy) is 1. The number of carbonyl (C=O) groups excluding carboxylic acids is 2. The summed E-state index contributed by atoms with van der Waals surface area (Å²) >= 11 is 3.30. The minimum atomic E-state index is -0.298. The van der Waals surface area contributed by atoms with E-state index in [-0.39, 0.29) is 18.4 Å². The fourth-order valence-electron chi connectivity index (χ4n) is 1.96. The summed E-state index contributed by atoms with van der Waals surface area (Å²) < 4.78 is 6.20. The lowest BCUT2D eigenvalue weighted by molar-refractivity contribution is -0.120. The smallest absolute Gasteiger partial charge is 0.252 e. The predicted molar refractivity (Wildman–Crippen MR) is 96.2 cm³/mol. The van der Waals surface area contributed by atoms with Gasteiger partial charge < -0.3 is 15.4 Å². The second kappa shape index (κ2) is 9.08. The molecule has 2 aromatic rings. The summed E-state index contributed by atoms with van der Waals surface area (Å²) in [5, 5.41) is 5.28. The number of nitrogens with one attached hydrogen (secondary N) is 2. The van der Waals surface area contributed by atoms with Crippen molar-refractivity contribution in [2.24, 2.45) is 0 Å². The quantitative estimate of drug-likeness (QED) is 0.714. The van der Waals surface area contributed by atoms with Gasteiger partial charge in [0.1, 0.15) is 12.4 Å². The number of halogens is 1. The molecular weight excluding hydrogens is 372 g/mol. The highest BCUT2D eigenvalue weighted by Gasteiger charge is 2.10. The minimum Gasteiger partial charge on any atom is -0.492 e. The normalized spacial score (nSPS) is 10.1. The molecule has 0 saturated carbocycles. The number of rotatable bonds is 7. The van der Waals surface area contributed by atoms with Gasteiger partial charge in [-0.3, -0.25) is 9.59 Å². The van der Waals surface area contributed by atoms with E-state index in [4.69, 9.17) is 4.74 Å². The topological polar surface area (TPSA) is 67.4 Å². The van der Waals surface area contributed by atoms with Crippen molar-refractivity contribution < 1.29 is 14.3 Å². The van der Waals surface area contributed by atoms with Crippen molar-refractivity contribution in [3.8, 4) is 5.75 Å². The van der Waals surface area contributed by atoms with Gasteiger partial charge in [-0.25, -0.2) is 0 Å². The summed E-state index contributed by atoms with van der Waals surface area (Å²) in [7, 11) is 0. The number of hydrogen-bond acceptors (Lipinski definition) is 3. The van der Waals surface area contributed by atoms with Crippen LogP contribution in [0.4, 0.5) is 0 Å². The Hall–Kier alpha value is -2.34. The van der Waals surface area contributed by atoms with Gasteiger partial charge in [-0.15, -0.1) is 0 Å². The SMILES string of the molecule is Cc1ccc(OCCNC(=O)CNC(=O)c2ccccc2Br)cc1. The molecule has 24 heavy (non-hydrogen) atoms. The molecule has 0 bridgehead atoms. The maximum atomic E-state index is 12.0. The lowest BCUT2D eigenvalue weighted by Gasteiger charge is -2.09. The molecule has 6 heteroatoms. The fraction of sp³-hybridized carbons (Fsp3) is 0.222. The molecule has 0 aliphatic heterocycles. The molecular formula is C18H19BrN2O3. The zero-order valence-corrected chi connectivity index (χ0v) is 14.9. The zero-order chi connectivity index (χ0) is 17.4. The first-order valence-electron chi connectivity index (χ1n) is 7.55. The van der Waals surface area contributed by atoms with Gasteiger partial charge in [0.2, 0.25) is 5.91 Å². The molecule has 2 aromatic carbocycles. The third-order valence-corrected chi connectivity index (χ3v) is 3.93. The second-order valence-corrected chi connectivity index (χ2v) is 6.03. The Balaban J connectivity index is 1.65. The van der Waals surface area contributed by atoms with Crippen LogP contribution in [-0.4, -0.2) is 31.5 Å². The Morgan fingerprint density at radius 1 is 1.04 bits per heavy atom. The van der Waals surface area contributed by atoms with E-state index in [0.717, 1.165) is 11.3 Å². The Labute approximate surface area is 149 Å². The Morgan fingerprint density at radius 3 is 2.46 bits per heavy atom. The van der Waals surface area contributed by atoms with Crippen molar-refractivity contribution in [1.82, 2.24) is 10.6 Å². The van der Waals surface area contributed by atoms with Gasteiger partial charge in [0, 0.05) is 4.47 Å². The molecule has 0 aliphatic carbocycles. The largest absolute Gasteiger partial charge is 0.492 e. The van der Waals surface area contributed by atoms with Gasteiger partial charge in [-0.1, -0.05) is 29.8 Å². The summed E-state index contributed by atoms with van der Waals surface area (Å²) in [6.07, 6.45) is 0. The summed E-state index contributed by atoms with van der Waals surface area (Å²) in [5.74, 6) is 0.202. The van der Waals surface area contributed by atoms with E-state index in [1.165, 1.54) is 0 Å². The maximum Gasteiger partial charge on any atom is 0.252 e. The molecule has 2 amide bonds. The zero-order valence-electron chi connectivity index (χ0n) is 13.3. The molecule has 2 rings (SSSR count). The highest BCUT2D eigenvalue weighted by Crippen LogP contribution is 2.15. The van der Waals surface area contributed by atoms with E-state index in [1.807, 2.05) is 37.3 Å². The van der Waals surface area contributed by atoms with Crippen molar-refractivity contribution >= 4 is 27.7 Å². The molecule has 0 aliphatic rings. The first-order chi connectivity index (χ1) is 11.6. The van der Waals surface area contributed by atoms with Crippen LogP contribution in [-0.2, 0) is 4.79 Å².